The maximum atomic E-state index is 8.50. The van der Waals surface area contributed by atoms with Crippen LogP contribution in [-0.2, 0) is 0 Å². The third kappa shape index (κ3) is 5.59. The lowest BCUT2D eigenvalue weighted by Crippen LogP contribution is -2.47. The van der Waals surface area contributed by atoms with Gasteiger partial charge in [0.1, 0.15) is 0 Å². The van der Waals surface area contributed by atoms with Crippen molar-refractivity contribution in [2.75, 3.05) is 19.6 Å². The summed E-state index contributed by atoms with van der Waals surface area (Å²) in [6.07, 6.45) is 0. The van der Waals surface area contributed by atoms with Gasteiger partial charge in [-0.15, -0.1) is 0 Å². The van der Waals surface area contributed by atoms with E-state index in [1.165, 1.54) is 0 Å². The van der Waals surface area contributed by atoms with E-state index in [0.717, 1.165) is 19.6 Å². The smallest absolute Gasteiger partial charge is 0.156 e. The molecular formula is C10H24N4O. The summed E-state index contributed by atoms with van der Waals surface area (Å²) in [6.45, 7) is 11.3. The normalized spacial score (nSPS) is 16.7. The molecule has 0 aliphatic heterocycles. The highest BCUT2D eigenvalue weighted by Crippen LogP contribution is 1.94. The molecule has 0 aliphatic rings. The summed E-state index contributed by atoms with van der Waals surface area (Å²) in [5.41, 5.74) is 5.48. The minimum absolute atomic E-state index is 0.0967. The molecule has 0 fully saturated rings. The van der Waals surface area contributed by atoms with Crippen LogP contribution in [0, 0.1) is 0 Å². The standard InChI is InChI=1S/C10H24N4O/c1-5-14(6-2)7-8(3)12-9(4)10(11)13-15/h8-9,12,15H,5-7H2,1-4H3,(H2,11,13). The lowest BCUT2D eigenvalue weighted by molar-refractivity contribution is 0.267. The van der Waals surface area contributed by atoms with Crippen molar-refractivity contribution in [3.8, 4) is 0 Å². The third-order valence-electron chi connectivity index (χ3n) is 2.52. The number of nitrogens with zero attached hydrogens (tertiary/aromatic N) is 2. The zero-order valence-electron chi connectivity index (χ0n) is 10.2. The van der Waals surface area contributed by atoms with Crippen LogP contribution < -0.4 is 11.1 Å². The van der Waals surface area contributed by atoms with Crippen molar-refractivity contribution >= 4 is 5.84 Å². The molecule has 0 aromatic heterocycles. The molecule has 0 aromatic rings. The Labute approximate surface area is 92.3 Å². The molecule has 90 valence electrons. The Balaban J connectivity index is 3.97. The molecule has 4 N–H and O–H groups in total. The van der Waals surface area contributed by atoms with E-state index in [1.54, 1.807) is 0 Å². The summed E-state index contributed by atoms with van der Waals surface area (Å²) in [4.78, 5) is 2.33. The first-order valence-electron chi connectivity index (χ1n) is 5.50. The SMILES string of the molecule is CCN(CC)CC(C)NC(C)C(N)=NO. The number of nitrogens with one attached hydrogen (secondary N) is 1. The second kappa shape index (κ2) is 7.48. The monoisotopic (exact) mass is 216 g/mol. The van der Waals surface area contributed by atoms with Gasteiger partial charge in [0.15, 0.2) is 5.84 Å². The molecule has 0 spiro atoms. The Hall–Kier alpha value is -0.810. The van der Waals surface area contributed by atoms with Gasteiger partial charge < -0.3 is 21.2 Å². The highest BCUT2D eigenvalue weighted by atomic mass is 16.4. The number of likely N-dealkylation sites (N-methyl/N-ethyl adjacent to an activating group) is 1. The zero-order chi connectivity index (χ0) is 11.8. The van der Waals surface area contributed by atoms with E-state index in [-0.39, 0.29) is 11.9 Å². The molecule has 2 unspecified atom stereocenters. The second-order valence-electron chi connectivity index (χ2n) is 3.80. The van der Waals surface area contributed by atoms with Crippen LogP contribution in [0.15, 0.2) is 5.16 Å². The number of amidine groups is 1. The first-order chi connectivity index (χ1) is 7.04. The quantitative estimate of drug-likeness (QED) is 0.250. The van der Waals surface area contributed by atoms with Crippen LogP contribution in [0.4, 0.5) is 0 Å². The molecule has 15 heavy (non-hydrogen) atoms. The van der Waals surface area contributed by atoms with Gasteiger partial charge in [-0.1, -0.05) is 19.0 Å². The molecule has 0 radical (unpaired) electrons. The molecule has 0 saturated carbocycles. The molecule has 0 heterocycles. The fourth-order valence-electron chi connectivity index (χ4n) is 1.52. The van der Waals surface area contributed by atoms with Gasteiger partial charge in [0, 0.05) is 12.6 Å². The summed E-state index contributed by atoms with van der Waals surface area (Å²) in [7, 11) is 0. The number of oxime groups is 1. The average Bonchev–Trinajstić information content (AvgIpc) is 2.24. The van der Waals surface area contributed by atoms with Crippen LogP contribution in [0.2, 0.25) is 0 Å². The van der Waals surface area contributed by atoms with Crippen molar-refractivity contribution < 1.29 is 5.21 Å². The first kappa shape index (κ1) is 14.2. The fourth-order valence-corrected chi connectivity index (χ4v) is 1.52. The zero-order valence-corrected chi connectivity index (χ0v) is 10.2. The van der Waals surface area contributed by atoms with Gasteiger partial charge in [0.05, 0.1) is 6.04 Å². The molecule has 0 bridgehead atoms. The van der Waals surface area contributed by atoms with E-state index in [1.807, 2.05) is 6.92 Å². The molecule has 0 aromatic carbocycles. The van der Waals surface area contributed by atoms with E-state index in [2.05, 4.69) is 36.1 Å². The molecule has 0 aliphatic carbocycles. The largest absolute Gasteiger partial charge is 0.409 e. The third-order valence-corrected chi connectivity index (χ3v) is 2.52. The second-order valence-corrected chi connectivity index (χ2v) is 3.80. The van der Waals surface area contributed by atoms with E-state index in [4.69, 9.17) is 10.9 Å². The van der Waals surface area contributed by atoms with E-state index in [9.17, 15) is 0 Å². The molecule has 0 saturated heterocycles. The van der Waals surface area contributed by atoms with Gasteiger partial charge in [0.25, 0.3) is 0 Å². The Bertz CT molecular complexity index is 192. The highest BCUT2D eigenvalue weighted by Gasteiger charge is 2.12. The van der Waals surface area contributed by atoms with Crippen molar-refractivity contribution in [1.29, 1.82) is 0 Å². The number of nitrogens with two attached hydrogens (primary N) is 1. The maximum absolute atomic E-state index is 8.50. The van der Waals surface area contributed by atoms with E-state index < -0.39 is 0 Å². The predicted molar refractivity (Wildman–Crippen MR) is 63.3 cm³/mol. The van der Waals surface area contributed by atoms with Crippen molar-refractivity contribution in [3.63, 3.8) is 0 Å². The fraction of sp³-hybridized carbons (Fsp3) is 0.900. The first-order valence-corrected chi connectivity index (χ1v) is 5.50. The van der Waals surface area contributed by atoms with Crippen LogP contribution in [0.1, 0.15) is 27.7 Å². The van der Waals surface area contributed by atoms with E-state index >= 15 is 0 Å². The van der Waals surface area contributed by atoms with Gasteiger partial charge in [-0.25, -0.2) is 0 Å². The van der Waals surface area contributed by atoms with Crippen molar-refractivity contribution in [3.05, 3.63) is 0 Å². The highest BCUT2D eigenvalue weighted by molar-refractivity contribution is 5.84. The minimum atomic E-state index is -0.0967. The van der Waals surface area contributed by atoms with Crippen molar-refractivity contribution in [2.24, 2.45) is 10.9 Å². The van der Waals surface area contributed by atoms with Gasteiger partial charge in [-0.05, 0) is 26.9 Å². The lowest BCUT2D eigenvalue weighted by Gasteiger charge is -2.25. The van der Waals surface area contributed by atoms with Crippen LogP contribution in [0.25, 0.3) is 0 Å². The number of hydrogen-bond acceptors (Lipinski definition) is 4. The summed E-state index contributed by atoms with van der Waals surface area (Å²) in [5.74, 6) is 0.224. The minimum Gasteiger partial charge on any atom is -0.409 e. The number of rotatable bonds is 7. The summed E-state index contributed by atoms with van der Waals surface area (Å²) in [6, 6.07) is 0.223. The number of hydrogen-bond donors (Lipinski definition) is 3. The molecule has 5 heteroatoms. The van der Waals surface area contributed by atoms with Crippen LogP contribution >= 0.6 is 0 Å². The van der Waals surface area contributed by atoms with E-state index in [0.29, 0.717) is 6.04 Å². The van der Waals surface area contributed by atoms with Crippen molar-refractivity contribution in [2.45, 2.75) is 39.8 Å². The summed E-state index contributed by atoms with van der Waals surface area (Å²) in [5, 5.41) is 14.8. The maximum Gasteiger partial charge on any atom is 0.156 e. The van der Waals surface area contributed by atoms with Crippen molar-refractivity contribution in [1.82, 2.24) is 10.2 Å². The average molecular weight is 216 g/mol. The molecule has 2 atom stereocenters. The lowest BCUT2D eigenvalue weighted by atomic mass is 10.2. The summed E-state index contributed by atoms with van der Waals surface area (Å²) >= 11 is 0. The van der Waals surface area contributed by atoms with Gasteiger partial charge in [-0.2, -0.15) is 0 Å². The Morgan fingerprint density at radius 3 is 2.33 bits per heavy atom. The Kier molecular flexibility index (Phi) is 7.07. The van der Waals surface area contributed by atoms with Gasteiger partial charge in [0.2, 0.25) is 0 Å². The topological polar surface area (TPSA) is 73.9 Å². The predicted octanol–water partition coefficient (Wildman–Crippen LogP) is 0.441. The Morgan fingerprint density at radius 1 is 1.40 bits per heavy atom. The molecule has 5 nitrogen and oxygen atoms in total. The van der Waals surface area contributed by atoms with Crippen LogP contribution in [0.3, 0.4) is 0 Å². The molecule has 0 rings (SSSR count). The molecular weight excluding hydrogens is 192 g/mol. The van der Waals surface area contributed by atoms with Gasteiger partial charge >= 0.3 is 0 Å². The van der Waals surface area contributed by atoms with Crippen LogP contribution in [-0.4, -0.2) is 47.7 Å². The van der Waals surface area contributed by atoms with Gasteiger partial charge in [-0.3, -0.25) is 0 Å². The molecule has 0 amide bonds. The van der Waals surface area contributed by atoms with Crippen LogP contribution in [0.5, 0.6) is 0 Å². The summed E-state index contributed by atoms with van der Waals surface area (Å²) < 4.78 is 0. The Morgan fingerprint density at radius 2 is 1.93 bits per heavy atom.